The second kappa shape index (κ2) is 9.62. The molecule has 3 rings (SSSR count). The van der Waals surface area contributed by atoms with E-state index in [1.807, 2.05) is 53.4 Å². The summed E-state index contributed by atoms with van der Waals surface area (Å²) in [6.45, 7) is 3.80. The molecule has 2 aromatic carbocycles. The number of methoxy groups -OCH3 is 2. The molecule has 0 saturated carbocycles. The minimum Gasteiger partial charge on any atom is -0.497 e. The third-order valence-corrected chi connectivity index (χ3v) is 5.07. The SMILES string of the molecule is COc1ccc(OC)c(CN2CCN(C(=O)/C=C/c3cccc(Cl)c3)CC2)c1. The van der Waals surface area contributed by atoms with Gasteiger partial charge < -0.3 is 14.4 Å². The summed E-state index contributed by atoms with van der Waals surface area (Å²) < 4.78 is 10.8. The molecule has 5 nitrogen and oxygen atoms in total. The van der Waals surface area contributed by atoms with Gasteiger partial charge in [0, 0.05) is 49.4 Å². The van der Waals surface area contributed by atoms with Gasteiger partial charge in [0.1, 0.15) is 11.5 Å². The van der Waals surface area contributed by atoms with E-state index in [-0.39, 0.29) is 5.91 Å². The molecule has 0 spiro atoms. The van der Waals surface area contributed by atoms with Gasteiger partial charge in [0.2, 0.25) is 5.91 Å². The lowest BCUT2D eigenvalue weighted by Crippen LogP contribution is -2.47. The average molecular weight is 401 g/mol. The van der Waals surface area contributed by atoms with Gasteiger partial charge in [-0.05, 0) is 42.0 Å². The van der Waals surface area contributed by atoms with E-state index in [1.54, 1.807) is 20.3 Å². The van der Waals surface area contributed by atoms with Crippen molar-refractivity contribution in [2.45, 2.75) is 6.54 Å². The number of carbonyl (C=O) groups is 1. The number of ether oxygens (including phenoxy) is 2. The standard InChI is InChI=1S/C22H25ClN2O3/c1-27-20-7-8-21(28-2)18(15-20)16-24-10-12-25(13-11-24)22(26)9-6-17-4-3-5-19(23)14-17/h3-9,14-15H,10-13,16H2,1-2H3/b9-6+. The average Bonchev–Trinajstić information content (AvgIpc) is 2.72. The molecular weight excluding hydrogens is 376 g/mol. The lowest BCUT2D eigenvalue weighted by Gasteiger charge is -2.34. The van der Waals surface area contributed by atoms with Gasteiger partial charge in [-0.15, -0.1) is 0 Å². The van der Waals surface area contributed by atoms with Gasteiger partial charge in [0.05, 0.1) is 14.2 Å². The van der Waals surface area contributed by atoms with Crippen LogP contribution in [0.25, 0.3) is 6.08 Å². The number of nitrogens with zero attached hydrogens (tertiary/aromatic N) is 2. The highest BCUT2D eigenvalue weighted by Gasteiger charge is 2.20. The Labute approximate surface area is 171 Å². The summed E-state index contributed by atoms with van der Waals surface area (Å²) in [5.74, 6) is 1.69. The third-order valence-electron chi connectivity index (χ3n) is 4.83. The molecule has 0 bridgehead atoms. The summed E-state index contributed by atoms with van der Waals surface area (Å²) in [5, 5.41) is 0.663. The number of halogens is 1. The van der Waals surface area contributed by atoms with Crippen molar-refractivity contribution in [1.82, 2.24) is 9.80 Å². The fourth-order valence-corrected chi connectivity index (χ4v) is 3.45. The quantitative estimate of drug-likeness (QED) is 0.693. The van der Waals surface area contributed by atoms with Crippen LogP contribution in [0.5, 0.6) is 11.5 Å². The van der Waals surface area contributed by atoms with E-state index >= 15 is 0 Å². The molecule has 28 heavy (non-hydrogen) atoms. The summed E-state index contributed by atoms with van der Waals surface area (Å²) in [6.07, 6.45) is 3.42. The Hall–Kier alpha value is -2.50. The Morgan fingerprint density at radius 2 is 1.86 bits per heavy atom. The maximum atomic E-state index is 12.5. The largest absolute Gasteiger partial charge is 0.497 e. The first-order valence-electron chi connectivity index (χ1n) is 9.25. The topological polar surface area (TPSA) is 42.0 Å². The van der Waals surface area contributed by atoms with Crippen LogP contribution >= 0.6 is 11.6 Å². The van der Waals surface area contributed by atoms with Crippen molar-refractivity contribution in [2.24, 2.45) is 0 Å². The predicted molar refractivity (Wildman–Crippen MR) is 112 cm³/mol. The first kappa shape index (κ1) is 20.2. The van der Waals surface area contributed by atoms with Crippen LogP contribution in [0, 0.1) is 0 Å². The molecule has 0 radical (unpaired) electrons. The number of rotatable bonds is 6. The van der Waals surface area contributed by atoms with E-state index in [0.29, 0.717) is 18.1 Å². The van der Waals surface area contributed by atoms with E-state index in [0.717, 1.165) is 42.3 Å². The van der Waals surface area contributed by atoms with E-state index in [1.165, 1.54) is 0 Å². The monoisotopic (exact) mass is 400 g/mol. The van der Waals surface area contributed by atoms with E-state index in [4.69, 9.17) is 21.1 Å². The highest BCUT2D eigenvalue weighted by Crippen LogP contribution is 2.25. The number of piperazine rings is 1. The van der Waals surface area contributed by atoms with Crippen molar-refractivity contribution >= 4 is 23.6 Å². The van der Waals surface area contributed by atoms with Crippen molar-refractivity contribution in [2.75, 3.05) is 40.4 Å². The summed E-state index contributed by atoms with van der Waals surface area (Å²) in [7, 11) is 3.33. The Balaban J connectivity index is 1.55. The first-order chi connectivity index (χ1) is 13.6. The molecule has 0 unspecified atom stereocenters. The normalized spacial score (nSPS) is 15.0. The van der Waals surface area contributed by atoms with Crippen LogP contribution in [0.4, 0.5) is 0 Å². The fraction of sp³-hybridized carbons (Fsp3) is 0.318. The highest BCUT2D eigenvalue weighted by atomic mass is 35.5. The molecule has 1 aliphatic rings. The molecule has 1 amide bonds. The first-order valence-corrected chi connectivity index (χ1v) is 9.62. The maximum absolute atomic E-state index is 12.5. The van der Waals surface area contributed by atoms with Crippen molar-refractivity contribution in [3.63, 3.8) is 0 Å². The Morgan fingerprint density at radius 1 is 1.07 bits per heavy atom. The molecule has 2 aromatic rings. The second-order valence-electron chi connectivity index (χ2n) is 6.67. The summed E-state index contributed by atoms with van der Waals surface area (Å²) in [5.41, 5.74) is 2.01. The van der Waals surface area contributed by atoms with Crippen LogP contribution in [0.1, 0.15) is 11.1 Å². The number of hydrogen-bond acceptors (Lipinski definition) is 4. The zero-order valence-electron chi connectivity index (χ0n) is 16.2. The van der Waals surface area contributed by atoms with Gasteiger partial charge in [-0.3, -0.25) is 9.69 Å². The van der Waals surface area contributed by atoms with Crippen molar-refractivity contribution in [1.29, 1.82) is 0 Å². The van der Waals surface area contributed by atoms with Gasteiger partial charge in [0.15, 0.2) is 0 Å². The van der Waals surface area contributed by atoms with Gasteiger partial charge in [-0.1, -0.05) is 23.7 Å². The van der Waals surface area contributed by atoms with Crippen LogP contribution in [0.2, 0.25) is 5.02 Å². The zero-order chi connectivity index (χ0) is 19.9. The molecule has 1 saturated heterocycles. The summed E-state index contributed by atoms with van der Waals surface area (Å²) in [6, 6.07) is 13.3. The van der Waals surface area contributed by atoms with Gasteiger partial charge in [0.25, 0.3) is 0 Å². The smallest absolute Gasteiger partial charge is 0.246 e. The molecule has 1 heterocycles. The van der Waals surface area contributed by atoms with Crippen LogP contribution in [0.15, 0.2) is 48.5 Å². The van der Waals surface area contributed by atoms with Crippen LogP contribution < -0.4 is 9.47 Å². The third kappa shape index (κ3) is 5.27. The molecule has 1 aliphatic heterocycles. The molecule has 0 atom stereocenters. The molecule has 1 fully saturated rings. The Kier molecular flexibility index (Phi) is 6.95. The van der Waals surface area contributed by atoms with Crippen LogP contribution in [0.3, 0.4) is 0 Å². The van der Waals surface area contributed by atoms with E-state index in [9.17, 15) is 4.79 Å². The second-order valence-corrected chi connectivity index (χ2v) is 7.10. The van der Waals surface area contributed by atoms with E-state index < -0.39 is 0 Å². The molecular formula is C22H25ClN2O3. The van der Waals surface area contributed by atoms with Crippen molar-refractivity contribution in [3.05, 3.63) is 64.7 Å². The van der Waals surface area contributed by atoms with E-state index in [2.05, 4.69) is 4.90 Å². The molecule has 0 N–H and O–H groups in total. The van der Waals surface area contributed by atoms with Gasteiger partial charge in [-0.2, -0.15) is 0 Å². The number of amides is 1. The lowest BCUT2D eigenvalue weighted by molar-refractivity contribution is -0.127. The maximum Gasteiger partial charge on any atom is 0.246 e. The van der Waals surface area contributed by atoms with Crippen LogP contribution in [-0.4, -0.2) is 56.1 Å². The number of benzene rings is 2. The Morgan fingerprint density at radius 3 is 2.54 bits per heavy atom. The van der Waals surface area contributed by atoms with Gasteiger partial charge >= 0.3 is 0 Å². The predicted octanol–water partition coefficient (Wildman–Crippen LogP) is 3.71. The number of carbonyl (C=O) groups excluding carboxylic acids is 1. The van der Waals surface area contributed by atoms with Crippen molar-refractivity contribution < 1.29 is 14.3 Å². The molecule has 148 valence electrons. The zero-order valence-corrected chi connectivity index (χ0v) is 17.0. The summed E-state index contributed by atoms with van der Waals surface area (Å²) >= 11 is 5.98. The molecule has 6 heteroatoms. The fourth-order valence-electron chi connectivity index (χ4n) is 3.26. The lowest BCUT2D eigenvalue weighted by atomic mass is 10.1. The molecule has 0 aliphatic carbocycles. The Bertz CT molecular complexity index is 845. The molecule has 0 aromatic heterocycles. The number of hydrogen-bond donors (Lipinski definition) is 0. The highest BCUT2D eigenvalue weighted by molar-refractivity contribution is 6.30. The minimum absolute atomic E-state index is 0.0265. The van der Waals surface area contributed by atoms with Crippen LogP contribution in [-0.2, 0) is 11.3 Å². The minimum atomic E-state index is 0.0265. The van der Waals surface area contributed by atoms with Gasteiger partial charge in [-0.25, -0.2) is 0 Å². The van der Waals surface area contributed by atoms with Crippen molar-refractivity contribution in [3.8, 4) is 11.5 Å². The summed E-state index contributed by atoms with van der Waals surface area (Å²) in [4.78, 5) is 16.7.